The number of amides is 1. The summed E-state index contributed by atoms with van der Waals surface area (Å²) in [4.78, 5) is 32.0. The number of nitrogens with two attached hydrogens (primary N) is 1. The van der Waals surface area contributed by atoms with Crippen molar-refractivity contribution < 1.29 is 27.2 Å². The number of halogens is 4. The van der Waals surface area contributed by atoms with Crippen LogP contribution in [0.3, 0.4) is 0 Å². The third-order valence-electron chi connectivity index (χ3n) is 8.80. The predicted octanol–water partition coefficient (Wildman–Crippen LogP) is 5.82. The SMILES string of the molecule is NC1CCC(Nc2nc(NC3CCN(OC(=O)Nc4c(F)cccc4C(F)(F)F)CC3)c3ncn(C4CCCC4)c3n2)CC1. The van der Waals surface area contributed by atoms with Crippen LogP contribution in [0.5, 0.6) is 0 Å². The number of rotatable bonds is 7. The fourth-order valence-corrected chi connectivity index (χ4v) is 6.39. The van der Waals surface area contributed by atoms with Crippen LogP contribution in [0.4, 0.5) is 39.8 Å². The highest BCUT2D eigenvalue weighted by atomic mass is 19.4. The van der Waals surface area contributed by atoms with Gasteiger partial charge in [0, 0.05) is 37.3 Å². The van der Waals surface area contributed by atoms with Crippen molar-refractivity contribution in [2.24, 2.45) is 5.73 Å². The average Bonchev–Trinajstić information content (AvgIpc) is 3.66. The van der Waals surface area contributed by atoms with E-state index in [0.717, 1.165) is 56.3 Å². The van der Waals surface area contributed by atoms with E-state index in [2.05, 4.69) is 20.2 Å². The van der Waals surface area contributed by atoms with Crippen LogP contribution in [0.1, 0.15) is 75.8 Å². The van der Waals surface area contributed by atoms with Gasteiger partial charge >= 0.3 is 12.3 Å². The molecular formula is C29H37F4N9O2. The second kappa shape index (κ2) is 12.7. The molecule has 0 atom stereocenters. The zero-order valence-corrected chi connectivity index (χ0v) is 24.2. The number of aromatic nitrogens is 4. The number of imidazole rings is 1. The number of hydroxylamine groups is 2. The molecule has 15 heteroatoms. The van der Waals surface area contributed by atoms with E-state index in [-0.39, 0.29) is 18.1 Å². The van der Waals surface area contributed by atoms with Gasteiger partial charge in [-0.25, -0.2) is 14.2 Å². The summed E-state index contributed by atoms with van der Waals surface area (Å²) in [6.07, 6.45) is 5.25. The number of fused-ring (bicyclic) bond motifs is 1. The van der Waals surface area contributed by atoms with Gasteiger partial charge in [-0.15, -0.1) is 5.06 Å². The highest BCUT2D eigenvalue weighted by molar-refractivity contribution is 5.86. The average molecular weight is 620 g/mol. The number of piperidine rings is 1. The first kappa shape index (κ1) is 30.3. The summed E-state index contributed by atoms with van der Waals surface area (Å²) in [7, 11) is 0. The lowest BCUT2D eigenvalue weighted by molar-refractivity contribution is -0.137. The van der Waals surface area contributed by atoms with Crippen molar-refractivity contribution in [1.82, 2.24) is 24.6 Å². The largest absolute Gasteiger partial charge is 0.430 e. The monoisotopic (exact) mass is 619 g/mol. The highest BCUT2D eigenvalue weighted by Gasteiger charge is 2.36. The number of nitrogens with one attached hydrogen (secondary N) is 3. The Kier molecular flexibility index (Phi) is 8.76. The Labute approximate surface area is 251 Å². The molecule has 2 aromatic heterocycles. The maximum Gasteiger partial charge on any atom is 0.430 e. The molecular weight excluding hydrogens is 582 g/mol. The molecule has 11 nitrogen and oxygen atoms in total. The van der Waals surface area contributed by atoms with Crippen LogP contribution in [0.15, 0.2) is 24.5 Å². The van der Waals surface area contributed by atoms with Crippen LogP contribution >= 0.6 is 0 Å². The first-order valence-electron chi connectivity index (χ1n) is 15.3. The Balaban J connectivity index is 1.11. The molecule has 0 radical (unpaired) electrons. The third-order valence-corrected chi connectivity index (χ3v) is 8.80. The summed E-state index contributed by atoms with van der Waals surface area (Å²) in [5.41, 5.74) is 5.32. The summed E-state index contributed by atoms with van der Waals surface area (Å²) < 4.78 is 56.2. The summed E-state index contributed by atoms with van der Waals surface area (Å²) in [6, 6.07) is 3.27. The van der Waals surface area contributed by atoms with Gasteiger partial charge in [0.1, 0.15) is 5.82 Å². The number of nitrogens with zero attached hydrogens (tertiary/aromatic N) is 5. The summed E-state index contributed by atoms with van der Waals surface area (Å²) >= 11 is 0. The van der Waals surface area contributed by atoms with E-state index >= 15 is 0 Å². The second-order valence-electron chi connectivity index (χ2n) is 11.9. The minimum atomic E-state index is -4.84. The molecule has 1 aromatic carbocycles. The molecule has 0 spiro atoms. The summed E-state index contributed by atoms with van der Waals surface area (Å²) in [6.45, 7) is 0.624. The summed E-state index contributed by atoms with van der Waals surface area (Å²) in [5, 5.41) is 10.3. The standard InChI is InChI=1S/C29H37F4N9O2/c30-22-7-3-6-21(29(31,32)33)23(22)38-28(43)44-41-14-12-19(13-15-41)36-25-24-26(42(16-35-24)20-4-1-2-5-20)40-27(39-25)37-18-10-8-17(34)9-11-18/h3,6-7,16-20H,1-2,4-5,8-15,34H2,(H,38,43)(H2,36,37,39,40). The van der Waals surface area contributed by atoms with Crippen LogP contribution in [0, 0.1) is 5.82 Å². The van der Waals surface area contributed by atoms with Gasteiger partial charge in [0.2, 0.25) is 5.95 Å². The first-order valence-corrected chi connectivity index (χ1v) is 15.3. The van der Waals surface area contributed by atoms with Gasteiger partial charge in [-0.3, -0.25) is 5.32 Å². The van der Waals surface area contributed by atoms with Gasteiger partial charge in [0.05, 0.1) is 17.6 Å². The molecule has 3 aromatic rings. The van der Waals surface area contributed by atoms with Crippen molar-refractivity contribution in [3.63, 3.8) is 0 Å². The van der Waals surface area contributed by atoms with Gasteiger partial charge in [0.25, 0.3) is 0 Å². The molecule has 1 saturated heterocycles. The maximum atomic E-state index is 14.1. The van der Waals surface area contributed by atoms with Crippen LogP contribution in [-0.4, -0.2) is 61.9 Å². The topological polar surface area (TPSA) is 135 Å². The highest BCUT2D eigenvalue weighted by Crippen LogP contribution is 2.37. The molecule has 44 heavy (non-hydrogen) atoms. The number of hydrogen-bond donors (Lipinski definition) is 4. The van der Waals surface area contributed by atoms with Crippen molar-refractivity contribution >= 4 is 34.7 Å². The van der Waals surface area contributed by atoms with E-state index in [4.69, 9.17) is 20.5 Å². The Morgan fingerprint density at radius 3 is 2.36 bits per heavy atom. The van der Waals surface area contributed by atoms with Crippen LogP contribution in [0.25, 0.3) is 11.2 Å². The number of para-hydroxylation sites is 1. The number of hydrogen-bond acceptors (Lipinski definition) is 9. The Hall–Kier alpha value is -3.72. The third kappa shape index (κ3) is 6.83. The van der Waals surface area contributed by atoms with Crippen molar-refractivity contribution in [3.8, 4) is 0 Å². The molecule has 1 amide bonds. The van der Waals surface area contributed by atoms with E-state index in [0.29, 0.717) is 55.3 Å². The normalized spacial score (nSPS) is 22.3. The van der Waals surface area contributed by atoms with Crippen LogP contribution < -0.4 is 21.7 Å². The lowest BCUT2D eigenvalue weighted by atomic mass is 9.92. The Morgan fingerprint density at radius 1 is 0.955 bits per heavy atom. The number of benzene rings is 1. The zero-order valence-electron chi connectivity index (χ0n) is 24.2. The van der Waals surface area contributed by atoms with Crippen molar-refractivity contribution in [2.75, 3.05) is 29.0 Å². The molecule has 3 aliphatic rings. The lowest BCUT2D eigenvalue weighted by Crippen LogP contribution is -2.41. The minimum absolute atomic E-state index is 0.0310. The molecule has 3 heterocycles. The van der Waals surface area contributed by atoms with Gasteiger partial charge in [0.15, 0.2) is 17.0 Å². The summed E-state index contributed by atoms with van der Waals surface area (Å²) in [5.74, 6) is -0.0331. The Bertz CT molecular complexity index is 1460. The van der Waals surface area contributed by atoms with Crippen molar-refractivity contribution in [3.05, 3.63) is 35.9 Å². The molecule has 238 valence electrons. The van der Waals surface area contributed by atoms with E-state index in [1.54, 1.807) is 0 Å². The predicted molar refractivity (Wildman–Crippen MR) is 156 cm³/mol. The van der Waals surface area contributed by atoms with Gasteiger partial charge < -0.3 is 25.8 Å². The molecule has 6 rings (SSSR count). The molecule has 1 aliphatic heterocycles. The van der Waals surface area contributed by atoms with Gasteiger partial charge in [-0.1, -0.05) is 18.9 Å². The van der Waals surface area contributed by atoms with Crippen LogP contribution in [-0.2, 0) is 11.0 Å². The quantitative estimate of drug-likeness (QED) is 0.241. The fraction of sp³-hybridized carbons (Fsp3) is 0.586. The molecule has 3 fully saturated rings. The number of carbonyl (C=O) groups is 1. The molecule has 2 saturated carbocycles. The van der Waals surface area contributed by atoms with Crippen LogP contribution in [0.2, 0.25) is 0 Å². The zero-order chi connectivity index (χ0) is 30.8. The molecule has 0 unspecified atom stereocenters. The lowest BCUT2D eigenvalue weighted by Gasteiger charge is -2.31. The minimum Gasteiger partial charge on any atom is -0.365 e. The van der Waals surface area contributed by atoms with Crippen molar-refractivity contribution in [2.45, 2.75) is 94.6 Å². The number of alkyl halides is 3. The maximum absolute atomic E-state index is 14.1. The van der Waals surface area contributed by atoms with Gasteiger partial charge in [-0.05, 0) is 63.5 Å². The van der Waals surface area contributed by atoms with Crippen molar-refractivity contribution in [1.29, 1.82) is 0 Å². The molecule has 5 N–H and O–H groups in total. The first-order chi connectivity index (χ1) is 21.1. The van der Waals surface area contributed by atoms with E-state index < -0.39 is 29.3 Å². The van der Waals surface area contributed by atoms with E-state index in [9.17, 15) is 22.4 Å². The second-order valence-corrected chi connectivity index (χ2v) is 11.9. The molecule has 0 bridgehead atoms. The fourth-order valence-electron chi connectivity index (χ4n) is 6.39. The van der Waals surface area contributed by atoms with E-state index in [1.807, 2.05) is 11.6 Å². The smallest absolute Gasteiger partial charge is 0.365 e. The Morgan fingerprint density at radius 2 is 1.66 bits per heavy atom. The van der Waals surface area contributed by atoms with Gasteiger partial charge in [-0.2, -0.15) is 23.1 Å². The number of carbonyl (C=O) groups excluding carboxylic acids is 1. The van der Waals surface area contributed by atoms with E-state index in [1.165, 1.54) is 17.9 Å². The molecule has 2 aliphatic carbocycles. The number of anilines is 3.